The number of aliphatic hydroxyl groups is 1. The maximum absolute atomic E-state index is 13.3. The number of carbonyl (C=O) groups is 2. The van der Waals surface area contributed by atoms with Gasteiger partial charge in [-0.2, -0.15) is 0 Å². The van der Waals surface area contributed by atoms with Crippen LogP contribution >= 0.6 is 0 Å². The Morgan fingerprint density at radius 1 is 1.00 bits per heavy atom. The van der Waals surface area contributed by atoms with E-state index in [-0.39, 0.29) is 23.5 Å². The van der Waals surface area contributed by atoms with E-state index in [1.165, 1.54) is 11.8 Å². The molecule has 0 bridgehead atoms. The number of imidazole rings is 1. The van der Waals surface area contributed by atoms with Gasteiger partial charge in [0.25, 0.3) is 5.91 Å². The molecule has 1 unspecified atom stereocenters. The molecule has 3 aromatic heterocycles. The second-order valence-corrected chi connectivity index (χ2v) is 12.0. The van der Waals surface area contributed by atoms with Crippen molar-refractivity contribution in [1.29, 1.82) is 0 Å². The fraction of sp³-hybridized carbons (Fsp3) is 0.294. The summed E-state index contributed by atoms with van der Waals surface area (Å²) in [6.07, 6.45) is 7.89. The lowest BCUT2D eigenvalue weighted by molar-refractivity contribution is -0.121. The zero-order valence-electron chi connectivity index (χ0n) is 26.2. The van der Waals surface area contributed by atoms with Crippen LogP contribution in [0.4, 0.5) is 17.5 Å². The number of benzene rings is 2. The molecule has 240 valence electrons. The largest absolute Gasteiger partial charge is 0.378 e. The minimum atomic E-state index is -1.20. The second kappa shape index (κ2) is 12.1. The fourth-order valence-electron chi connectivity index (χ4n) is 6.21. The van der Waals surface area contributed by atoms with E-state index in [1.807, 2.05) is 40.8 Å². The minimum Gasteiger partial charge on any atom is -0.378 e. The van der Waals surface area contributed by atoms with Crippen molar-refractivity contribution < 1.29 is 19.4 Å². The van der Waals surface area contributed by atoms with Crippen molar-refractivity contribution in [2.75, 3.05) is 41.8 Å². The zero-order valence-corrected chi connectivity index (χ0v) is 26.2. The Morgan fingerprint density at radius 3 is 2.45 bits per heavy atom. The topological polar surface area (TPSA) is 164 Å². The van der Waals surface area contributed by atoms with Gasteiger partial charge in [0.15, 0.2) is 11.5 Å². The van der Waals surface area contributed by atoms with Crippen LogP contribution in [0.1, 0.15) is 41.9 Å². The first-order valence-corrected chi connectivity index (χ1v) is 15.5. The molecule has 1 saturated heterocycles. The normalized spacial score (nSPS) is 17.9. The zero-order chi connectivity index (χ0) is 32.7. The molecular weight excluding hydrogens is 598 g/mol. The van der Waals surface area contributed by atoms with E-state index >= 15 is 0 Å². The van der Waals surface area contributed by atoms with Gasteiger partial charge in [-0.3, -0.25) is 14.5 Å². The standard InChI is InChI=1S/C34H35N9O4/c1-21(44)43-29-8-7-24(15-25(29)9-10-34(43,2)46)23-5-3-22(4-6-23)16-36-32(45)28-20-42-19-27(26-17-37-33(35)38-18-26)39-30(31(42)40-28)41-11-13-47-14-12-41/h3-8,15,17-20,46H,9-14,16H2,1-2H3,(H,36,45)(H2,35,37,38). The van der Waals surface area contributed by atoms with Crippen molar-refractivity contribution in [2.24, 2.45) is 0 Å². The molecule has 7 rings (SSSR count). The second-order valence-electron chi connectivity index (χ2n) is 12.0. The van der Waals surface area contributed by atoms with Crippen molar-refractivity contribution in [3.8, 4) is 22.4 Å². The van der Waals surface area contributed by atoms with E-state index in [0.717, 1.165) is 27.9 Å². The predicted molar refractivity (Wildman–Crippen MR) is 177 cm³/mol. The van der Waals surface area contributed by atoms with Crippen LogP contribution in [0.3, 0.4) is 0 Å². The SMILES string of the molecule is CC(=O)N1c2ccc(-c3ccc(CNC(=O)c4cn5cc(-c6cnc(N)nc6)nc(N6CCOCC6)c5n4)cc3)cc2CCC1(C)O. The van der Waals surface area contributed by atoms with E-state index < -0.39 is 5.72 Å². The van der Waals surface area contributed by atoms with Gasteiger partial charge in [-0.15, -0.1) is 0 Å². The first-order valence-electron chi connectivity index (χ1n) is 15.5. The lowest BCUT2D eigenvalue weighted by Gasteiger charge is -2.41. The molecule has 1 fully saturated rings. The summed E-state index contributed by atoms with van der Waals surface area (Å²) in [5, 5.41) is 13.7. The first-order chi connectivity index (χ1) is 22.7. The third-order valence-electron chi connectivity index (χ3n) is 8.66. The summed E-state index contributed by atoms with van der Waals surface area (Å²) in [6.45, 7) is 5.92. The van der Waals surface area contributed by atoms with Crippen LogP contribution in [0.5, 0.6) is 0 Å². The highest BCUT2D eigenvalue weighted by Crippen LogP contribution is 2.38. The molecule has 0 spiro atoms. The number of hydrogen-bond donors (Lipinski definition) is 3. The highest BCUT2D eigenvalue weighted by molar-refractivity contribution is 5.95. The molecule has 0 saturated carbocycles. The molecule has 2 amide bonds. The maximum Gasteiger partial charge on any atom is 0.271 e. The molecule has 13 heteroatoms. The van der Waals surface area contributed by atoms with E-state index in [1.54, 1.807) is 31.7 Å². The lowest BCUT2D eigenvalue weighted by atomic mass is 9.91. The number of nitrogens with two attached hydrogens (primary N) is 1. The van der Waals surface area contributed by atoms with E-state index in [4.69, 9.17) is 15.5 Å². The van der Waals surface area contributed by atoms with E-state index in [2.05, 4.69) is 31.2 Å². The third kappa shape index (κ3) is 5.98. The number of anilines is 3. The number of morpholine rings is 1. The number of nitrogen functional groups attached to an aromatic ring is 1. The Morgan fingerprint density at radius 2 is 1.72 bits per heavy atom. The number of nitrogens with zero attached hydrogens (tertiary/aromatic N) is 7. The van der Waals surface area contributed by atoms with Crippen LogP contribution in [0.2, 0.25) is 0 Å². The van der Waals surface area contributed by atoms with Crippen LogP contribution < -0.4 is 20.9 Å². The average Bonchev–Trinajstić information content (AvgIpc) is 3.51. The maximum atomic E-state index is 13.3. The smallest absolute Gasteiger partial charge is 0.271 e. The van der Waals surface area contributed by atoms with Crippen LogP contribution in [-0.2, 0) is 22.5 Å². The van der Waals surface area contributed by atoms with Crippen LogP contribution in [-0.4, -0.2) is 73.3 Å². The highest BCUT2D eigenvalue weighted by atomic mass is 16.5. The molecule has 1 atom stereocenters. The molecule has 4 N–H and O–H groups in total. The Labute approximate surface area is 271 Å². The van der Waals surface area contributed by atoms with Crippen molar-refractivity contribution in [1.82, 2.24) is 29.7 Å². The summed E-state index contributed by atoms with van der Waals surface area (Å²) in [7, 11) is 0. The molecule has 0 aliphatic carbocycles. The minimum absolute atomic E-state index is 0.177. The number of aryl methyl sites for hydroxylation is 1. The van der Waals surface area contributed by atoms with Gasteiger partial charge < -0.3 is 30.2 Å². The number of amides is 2. The summed E-state index contributed by atoms with van der Waals surface area (Å²) in [5.41, 5.74) is 11.4. The molecule has 5 aromatic rings. The molecule has 47 heavy (non-hydrogen) atoms. The third-order valence-corrected chi connectivity index (χ3v) is 8.66. The monoisotopic (exact) mass is 633 g/mol. The Balaban J connectivity index is 1.08. The Hall–Kier alpha value is -5.40. The van der Waals surface area contributed by atoms with Crippen molar-refractivity contribution in [3.63, 3.8) is 0 Å². The summed E-state index contributed by atoms with van der Waals surface area (Å²) in [5.74, 6) is 0.338. The molecule has 2 aromatic carbocycles. The number of ether oxygens (including phenoxy) is 1. The number of aromatic nitrogens is 5. The molecular formula is C34H35N9O4. The van der Waals surface area contributed by atoms with Gasteiger partial charge in [0.2, 0.25) is 11.9 Å². The number of carbonyl (C=O) groups excluding carboxylic acids is 2. The summed E-state index contributed by atoms with van der Waals surface area (Å²) in [6, 6.07) is 13.9. The number of hydrogen-bond acceptors (Lipinski definition) is 10. The van der Waals surface area contributed by atoms with Crippen LogP contribution in [0.25, 0.3) is 28.0 Å². The van der Waals surface area contributed by atoms with E-state index in [0.29, 0.717) is 68.4 Å². The quantitative estimate of drug-likeness (QED) is 0.253. The predicted octanol–water partition coefficient (Wildman–Crippen LogP) is 3.21. The van der Waals surface area contributed by atoms with Gasteiger partial charge in [-0.25, -0.2) is 19.9 Å². The number of rotatable bonds is 6. The molecule has 13 nitrogen and oxygen atoms in total. The molecule has 5 heterocycles. The van der Waals surface area contributed by atoms with E-state index in [9.17, 15) is 14.7 Å². The highest BCUT2D eigenvalue weighted by Gasteiger charge is 2.37. The Bertz CT molecular complexity index is 1970. The van der Waals surface area contributed by atoms with Crippen molar-refractivity contribution in [3.05, 3.63) is 84.1 Å². The molecule has 0 radical (unpaired) electrons. The van der Waals surface area contributed by atoms with Crippen LogP contribution in [0.15, 0.2) is 67.3 Å². The average molecular weight is 634 g/mol. The summed E-state index contributed by atoms with van der Waals surface area (Å²) >= 11 is 0. The Kier molecular flexibility index (Phi) is 7.78. The van der Waals surface area contributed by atoms with Crippen molar-refractivity contribution in [2.45, 2.75) is 39.0 Å². The number of nitrogens with one attached hydrogen (secondary N) is 1. The van der Waals surface area contributed by atoms with Crippen molar-refractivity contribution >= 4 is 34.9 Å². The molecule has 2 aliphatic heterocycles. The van der Waals surface area contributed by atoms with Gasteiger partial charge in [-0.05, 0) is 54.2 Å². The van der Waals surface area contributed by atoms with Gasteiger partial charge in [0.05, 0.1) is 18.9 Å². The van der Waals surface area contributed by atoms with Gasteiger partial charge >= 0.3 is 0 Å². The van der Waals surface area contributed by atoms with Crippen LogP contribution in [0, 0.1) is 0 Å². The number of fused-ring (bicyclic) bond motifs is 2. The fourth-order valence-corrected chi connectivity index (χ4v) is 6.21. The van der Waals surface area contributed by atoms with Gasteiger partial charge in [0.1, 0.15) is 11.4 Å². The summed E-state index contributed by atoms with van der Waals surface area (Å²) < 4.78 is 7.34. The van der Waals surface area contributed by atoms with Gasteiger partial charge in [-0.1, -0.05) is 30.3 Å². The lowest BCUT2D eigenvalue weighted by Crippen LogP contribution is -2.52. The molecule has 2 aliphatic rings. The first kappa shape index (κ1) is 30.3. The summed E-state index contributed by atoms with van der Waals surface area (Å²) in [4.78, 5) is 46.9. The van der Waals surface area contributed by atoms with Gasteiger partial charge in [0, 0.05) is 62.6 Å².